The van der Waals surface area contributed by atoms with E-state index in [0.29, 0.717) is 5.76 Å². The highest BCUT2D eigenvalue weighted by Gasteiger charge is 1.99. The molecule has 4 heteroatoms. The molecule has 1 aromatic carbocycles. The number of phenolic OH excluding ortho intramolecular Hbond substituents is 2. The van der Waals surface area contributed by atoms with E-state index < -0.39 is 0 Å². The molecule has 2 N–H and O–H groups in total. The Morgan fingerprint density at radius 3 is 2.56 bits per heavy atom. The number of rotatable bonds is 2. The van der Waals surface area contributed by atoms with Crippen LogP contribution in [0.4, 0.5) is 0 Å². The first kappa shape index (κ1) is 10.3. The van der Waals surface area contributed by atoms with Crippen LogP contribution in [0.5, 0.6) is 11.5 Å². The van der Waals surface area contributed by atoms with Gasteiger partial charge in [-0.1, -0.05) is 17.3 Å². The molecule has 0 atom stereocenters. The van der Waals surface area contributed by atoms with Crippen molar-refractivity contribution in [2.75, 3.05) is 0 Å². The molecule has 0 fully saturated rings. The van der Waals surface area contributed by atoms with Crippen molar-refractivity contribution in [3.8, 4) is 11.5 Å². The van der Waals surface area contributed by atoms with Crippen LogP contribution < -0.4 is 0 Å². The summed E-state index contributed by atoms with van der Waals surface area (Å²) >= 11 is 0. The van der Waals surface area contributed by atoms with Crippen molar-refractivity contribution in [3.05, 3.63) is 41.3 Å². The van der Waals surface area contributed by atoms with Gasteiger partial charge in [-0.2, -0.15) is 0 Å². The fourth-order valence-corrected chi connectivity index (χ4v) is 1.28. The molecule has 0 bridgehead atoms. The third-order valence-corrected chi connectivity index (χ3v) is 2.09. The summed E-state index contributed by atoms with van der Waals surface area (Å²) in [4.78, 5) is 0. The van der Waals surface area contributed by atoms with E-state index in [1.165, 1.54) is 12.1 Å². The third-order valence-electron chi connectivity index (χ3n) is 2.09. The lowest BCUT2D eigenvalue weighted by molar-refractivity contribution is 0.403. The quantitative estimate of drug-likeness (QED) is 0.758. The van der Waals surface area contributed by atoms with Crippen LogP contribution >= 0.6 is 0 Å². The summed E-state index contributed by atoms with van der Waals surface area (Å²) in [5.74, 6) is 0.369. The van der Waals surface area contributed by atoms with Crippen molar-refractivity contribution in [3.63, 3.8) is 0 Å². The number of aromatic nitrogens is 1. The number of phenols is 2. The second-order valence-electron chi connectivity index (χ2n) is 3.45. The maximum Gasteiger partial charge on any atom is 0.159 e. The Morgan fingerprint density at radius 1 is 1.12 bits per heavy atom. The number of hydrogen-bond donors (Lipinski definition) is 2. The number of hydrogen-bond acceptors (Lipinski definition) is 4. The molecule has 2 rings (SSSR count). The smallest absolute Gasteiger partial charge is 0.159 e. The molecule has 4 nitrogen and oxygen atoms in total. The van der Waals surface area contributed by atoms with Crippen molar-refractivity contribution < 1.29 is 14.7 Å². The van der Waals surface area contributed by atoms with E-state index in [4.69, 9.17) is 9.63 Å². The zero-order chi connectivity index (χ0) is 11.5. The lowest BCUT2D eigenvalue weighted by Crippen LogP contribution is -1.73. The fraction of sp³-hybridized carbons (Fsp3) is 0.0833. The normalized spacial score (nSPS) is 11.1. The van der Waals surface area contributed by atoms with Gasteiger partial charge in [0.1, 0.15) is 0 Å². The molecule has 0 saturated heterocycles. The van der Waals surface area contributed by atoms with Gasteiger partial charge < -0.3 is 14.7 Å². The molecule has 0 amide bonds. The van der Waals surface area contributed by atoms with Gasteiger partial charge in [0.25, 0.3) is 0 Å². The number of aryl methyl sites for hydroxylation is 1. The van der Waals surface area contributed by atoms with Gasteiger partial charge in [-0.15, -0.1) is 0 Å². The molecule has 0 unspecified atom stereocenters. The molecule has 2 aromatic rings. The van der Waals surface area contributed by atoms with Crippen molar-refractivity contribution in [2.45, 2.75) is 6.92 Å². The monoisotopic (exact) mass is 217 g/mol. The second-order valence-corrected chi connectivity index (χ2v) is 3.45. The summed E-state index contributed by atoms with van der Waals surface area (Å²) in [5.41, 5.74) is 1.58. The van der Waals surface area contributed by atoms with Gasteiger partial charge in [-0.05, 0) is 30.7 Å². The number of nitrogens with zero attached hydrogens (tertiary/aromatic N) is 1. The first-order valence-corrected chi connectivity index (χ1v) is 4.78. The van der Waals surface area contributed by atoms with E-state index in [9.17, 15) is 5.11 Å². The molecule has 0 aliphatic rings. The van der Waals surface area contributed by atoms with Crippen LogP contribution in [-0.4, -0.2) is 15.4 Å². The van der Waals surface area contributed by atoms with Crippen LogP contribution in [0.25, 0.3) is 12.2 Å². The average molecular weight is 217 g/mol. The highest BCUT2D eigenvalue weighted by atomic mass is 16.5. The molecule has 0 aliphatic heterocycles. The zero-order valence-corrected chi connectivity index (χ0v) is 8.71. The summed E-state index contributed by atoms with van der Waals surface area (Å²) < 4.78 is 4.99. The van der Waals surface area contributed by atoms with Gasteiger partial charge in [0.2, 0.25) is 0 Å². The number of benzene rings is 1. The minimum atomic E-state index is -0.143. The Kier molecular flexibility index (Phi) is 2.64. The second kappa shape index (κ2) is 4.10. The summed E-state index contributed by atoms with van der Waals surface area (Å²) in [6.45, 7) is 1.84. The molecule has 0 radical (unpaired) electrons. The maximum absolute atomic E-state index is 9.28. The fourth-order valence-electron chi connectivity index (χ4n) is 1.28. The standard InChI is InChI=1S/C12H11NO3/c1-8-6-10(16-13-8)4-2-9-3-5-11(14)12(15)7-9/h2-7,14-15H,1H3/b4-2+. The maximum atomic E-state index is 9.28. The zero-order valence-electron chi connectivity index (χ0n) is 8.71. The number of aromatic hydroxyl groups is 2. The molecule has 16 heavy (non-hydrogen) atoms. The van der Waals surface area contributed by atoms with E-state index in [-0.39, 0.29) is 11.5 Å². The van der Waals surface area contributed by atoms with Gasteiger partial charge in [0.05, 0.1) is 5.69 Å². The van der Waals surface area contributed by atoms with Gasteiger partial charge in [-0.3, -0.25) is 0 Å². The molecule has 0 saturated carbocycles. The highest BCUT2D eigenvalue weighted by Crippen LogP contribution is 2.25. The van der Waals surface area contributed by atoms with Gasteiger partial charge in [0, 0.05) is 6.07 Å². The summed E-state index contributed by atoms with van der Waals surface area (Å²) in [7, 11) is 0. The Bertz CT molecular complexity index is 529. The van der Waals surface area contributed by atoms with Crippen LogP contribution in [0.1, 0.15) is 17.0 Å². The minimum Gasteiger partial charge on any atom is -0.504 e. The van der Waals surface area contributed by atoms with Gasteiger partial charge in [-0.25, -0.2) is 0 Å². The molecule has 0 aliphatic carbocycles. The van der Waals surface area contributed by atoms with E-state index in [2.05, 4.69) is 5.16 Å². The molecule has 1 heterocycles. The first-order chi connectivity index (χ1) is 7.65. The van der Waals surface area contributed by atoms with Crippen molar-refractivity contribution in [1.82, 2.24) is 5.16 Å². The Morgan fingerprint density at radius 2 is 1.94 bits per heavy atom. The predicted molar refractivity (Wildman–Crippen MR) is 59.9 cm³/mol. The molecular formula is C12H11NO3. The van der Waals surface area contributed by atoms with E-state index in [1.54, 1.807) is 24.3 Å². The van der Waals surface area contributed by atoms with Crippen LogP contribution in [0.15, 0.2) is 28.8 Å². The topological polar surface area (TPSA) is 66.5 Å². The summed E-state index contributed by atoms with van der Waals surface area (Å²) in [6.07, 6.45) is 3.50. The SMILES string of the molecule is Cc1cc(/C=C/c2ccc(O)c(O)c2)on1. The molecule has 1 aromatic heterocycles. The largest absolute Gasteiger partial charge is 0.504 e. The van der Waals surface area contributed by atoms with Crippen LogP contribution in [-0.2, 0) is 0 Å². The van der Waals surface area contributed by atoms with Crippen molar-refractivity contribution in [1.29, 1.82) is 0 Å². The van der Waals surface area contributed by atoms with Crippen LogP contribution in [0.2, 0.25) is 0 Å². The summed E-state index contributed by atoms with van der Waals surface area (Å²) in [5, 5.41) is 22.2. The predicted octanol–water partition coefficient (Wildman–Crippen LogP) is 2.56. The lowest BCUT2D eigenvalue weighted by atomic mass is 10.2. The Balaban J connectivity index is 2.20. The van der Waals surface area contributed by atoms with Crippen molar-refractivity contribution in [2.24, 2.45) is 0 Å². The molecule has 0 spiro atoms. The van der Waals surface area contributed by atoms with Crippen molar-refractivity contribution >= 4 is 12.2 Å². The van der Waals surface area contributed by atoms with E-state index >= 15 is 0 Å². The Hall–Kier alpha value is -2.23. The van der Waals surface area contributed by atoms with E-state index in [1.807, 2.05) is 6.92 Å². The average Bonchev–Trinajstić information content (AvgIpc) is 2.66. The van der Waals surface area contributed by atoms with Crippen LogP contribution in [0, 0.1) is 6.92 Å². The van der Waals surface area contributed by atoms with Gasteiger partial charge >= 0.3 is 0 Å². The minimum absolute atomic E-state index is 0.132. The molecular weight excluding hydrogens is 206 g/mol. The first-order valence-electron chi connectivity index (χ1n) is 4.78. The van der Waals surface area contributed by atoms with E-state index in [0.717, 1.165) is 11.3 Å². The highest BCUT2D eigenvalue weighted by molar-refractivity contribution is 5.68. The van der Waals surface area contributed by atoms with Crippen LogP contribution in [0.3, 0.4) is 0 Å². The molecule has 82 valence electrons. The third kappa shape index (κ3) is 2.23. The lowest BCUT2D eigenvalue weighted by Gasteiger charge is -1.97. The summed E-state index contributed by atoms with van der Waals surface area (Å²) in [6, 6.07) is 6.39. The van der Waals surface area contributed by atoms with Gasteiger partial charge in [0.15, 0.2) is 17.3 Å². The Labute approximate surface area is 92.4 Å².